The summed E-state index contributed by atoms with van der Waals surface area (Å²) in [5.41, 5.74) is 5.12. The number of rotatable bonds is 0. The van der Waals surface area contributed by atoms with E-state index in [4.69, 9.17) is 10.5 Å². The van der Waals surface area contributed by atoms with Gasteiger partial charge in [0.15, 0.2) is 0 Å². The van der Waals surface area contributed by atoms with Crippen molar-refractivity contribution in [2.45, 2.75) is 0 Å². The van der Waals surface area contributed by atoms with Crippen molar-refractivity contribution < 1.29 is 4.74 Å². The van der Waals surface area contributed by atoms with Crippen LogP contribution in [0.4, 0.5) is 0 Å². The van der Waals surface area contributed by atoms with E-state index in [1.54, 1.807) is 0 Å². The second-order valence-corrected chi connectivity index (χ2v) is 1.14. The summed E-state index contributed by atoms with van der Waals surface area (Å²) in [5, 5.41) is 2.79. The normalized spacial score (nSPS) is 25.5. The summed E-state index contributed by atoms with van der Waals surface area (Å²) in [7, 11) is 0. The lowest BCUT2D eigenvalue weighted by Gasteiger charge is -1.93. The van der Waals surface area contributed by atoms with Gasteiger partial charge in [0.1, 0.15) is 0 Å². The summed E-state index contributed by atoms with van der Waals surface area (Å²) in [5.74, 6) is 0. The van der Waals surface area contributed by atoms with E-state index in [0.29, 0.717) is 13.0 Å². The van der Waals surface area contributed by atoms with Crippen LogP contribution in [0.5, 0.6) is 0 Å². The van der Waals surface area contributed by atoms with Crippen LogP contribution in [-0.2, 0) is 4.74 Å². The van der Waals surface area contributed by atoms with E-state index in [0.717, 1.165) is 6.54 Å². The second-order valence-electron chi connectivity index (χ2n) is 1.14. The third-order valence-corrected chi connectivity index (χ3v) is 0.659. The molecule has 0 aliphatic carbocycles. The third-order valence-electron chi connectivity index (χ3n) is 0.659. The molecule has 1 saturated heterocycles. The molecule has 1 rings (SSSR count). The molecule has 0 unspecified atom stereocenters. The largest absolute Gasteiger partial charge is 0.341 e. The summed E-state index contributed by atoms with van der Waals surface area (Å²) < 4.78 is 4.74. The van der Waals surface area contributed by atoms with Crippen LogP contribution in [0.1, 0.15) is 0 Å². The van der Waals surface area contributed by atoms with E-state index in [9.17, 15) is 0 Å². The van der Waals surface area contributed by atoms with E-state index >= 15 is 0 Å². The maximum Gasteiger partial charge on any atom is 0.231 e. The molecule has 1 fully saturated rings. The van der Waals surface area contributed by atoms with Gasteiger partial charge in [-0.1, -0.05) is 0 Å². The summed E-state index contributed by atoms with van der Waals surface area (Å²) in [4.78, 5) is 0. The van der Waals surface area contributed by atoms with Crippen LogP contribution in [0, 0.1) is 6.35 Å². The molecule has 1 heterocycles. The molecule has 1 aliphatic heterocycles. The highest BCUT2D eigenvalue weighted by molar-refractivity contribution is 4.70. The molecule has 35 valence electrons. The molecular weight excluding hydrogens is 80.0 g/mol. The van der Waals surface area contributed by atoms with Crippen molar-refractivity contribution in [3.05, 3.63) is 6.35 Å². The van der Waals surface area contributed by atoms with Crippen molar-refractivity contribution in [2.24, 2.45) is 5.73 Å². The molecule has 0 spiro atoms. The SMILES string of the molecule is N[C]1NCCO1. The Balaban J connectivity index is 2.18. The minimum atomic E-state index is 0.454. The molecule has 1 aliphatic rings. The molecule has 0 aromatic carbocycles. The molecule has 3 heteroatoms. The fourth-order valence-electron chi connectivity index (χ4n) is 0.386. The van der Waals surface area contributed by atoms with E-state index < -0.39 is 0 Å². The van der Waals surface area contributed by atoms with Gasteiger partial charge < -0.3 is 4.74 Å². The lowest BCUT2D eigenvalue weighted by molar-refractivity contribution is 0.195. The van der Waals surface area contributed by atoms with Crippen molar-refractivity contribution in [2.75, 3.05) is 13.2 Å². The first-order valence-corrected chi connectivity index (χ1v) is 1.89. The molecule has 0 aromatic rings. The van der Waals surface area contributed by atoms with Crippen molar-refractivity contribution in [3.8, 4) is 0 Å². The maximum absolute atomic E-state index is 5.12. The van der Waals surface area contributed by atoms with Gasteiger partial charge in [0.2, 0.25) is 6.35 Å². The minimum Gasteiger partial charge on any atom is -0.341 e. The van der Waals surface area contributed by atoms with Gasteiger partial charge in [-0.2, -0.15) is 0 Å². The summed E-state index contributed by atoms with van der Waals surface area (Å²) in [6.45, 7) is 1.57. The Morgan fingerprint density at radius 2 is 2.67 bits per heavy atom. The van der Waals surface area contributed by atoms with Gasteiger partial charge >= 0.3 is 0 Å². The van der Waals surface area contributed by atoms with Gasteiger partial charge in [-0.15, -0.1) is 0 Å². The van der Waals surface area contributed by atoms with Crippen molar-refractivity contribution in [1.82, 2.24) is 5.32 Å². The Morgan fingerprint density at radius 3 is 2.83 bits per heavy atom. The quantitative estimate of drug-likeness (QED) is 0.399. The van der Waals surface area contributed by atoms with Gasteiger partial charge in [0, 0.05) is 6.54 Å². The minimum absolute atomic E-state index is 0.454. The van der Waals surface area contributed by atoms with Gasteiger partial charge in [-0.05, 0) is 0 Å². The smallest absolute Gasteiger partial charge is 0.231 e. The van der Waals surface area contributed by atoms with Gasteiger partial charge in [-0.25, -0.2) is 0 Å². The van der Waals surface area contributed by atoms with Gasteiger partial charge in [-0.3, -0.25) is 11.1 Å². The fraction of sp³-hybridized carbons (Fsp3) is 0.667. The highest BCUT2D eigenvalue weighted by atomic mass is 16.5. The molecule has 1 radical (unpaired) electrons. The Bertz CT molecular complexity index is 42.1. The predicted octanol–water partition coefficient (Wildman–Crippen LogP) is -0.988. The fourth-order valence-corrected chi connectivity index (χ4v) is 0.386. The summed E-state index contributed by atoms with van der Waals surface area (Å²) >= 11 is 0. The third kappa shape index (κ3) is 0.680. The van der Waals surface area contributed by atoms with Crippen LogP contribution in [0.3, 0.4) is 0 Å². The highest BCUT2D eigenvalue weighted by Gasteiger charge is 2.08. The predicted molar refractivity (Wildman–Crippen MR) is 21.4 cm³/mol. The van der Waals surface area contributed by atoms with Crippen LogP contribution in [0.25, 0.3) is 0 Å². The molecule has 3 N–H and O–H groups in total. The zero-order valence-corrected chi connectivity index (χ0v) is 3.40. The zero-order valence-electron chi connectivity index (χ0n) is 3.40. The first-order valence-electron chi connectivity index (χ1n) is 1.89. The second kappa shape index (κ2) is 1.55. The van der Waals surface area contributed by atoms with E-state index in [1.165, 1.54) is 0 Å². The molecule has 0 aromatic heterocycles. The van der Waals surface area contributed by atoms with Crippen molar-refractivity contribution >= 4 is 0 Å². The Morgan fingerprint density at radius 1 is 1.83 bits per heavy atom. The first kappa shape index (κ1) is 4.05. The molecular formula is C3H7N2O. The molecule has 6 heavy (non-hydrogen) atoms. The topological polar surface area (TPSA) is 47.3 Å². The van der Waals surface area contributed by atoms with Crippen molar-refractivity contribution in [3.63, 3.8) is 0 Å². The average molecular weight is 87.1 g/mol. The Kier molecular flexibility index (Phi) is 1.05. The van der Waals surface area contributed by atoms with Crippen LogP contribution in [0.15, 0.2) is 0 Å². The number of nitrogens with two attached hydrogens (primary N) is 1. The van der Waals surface area contributed by atoms with Crippen molar-refractivity contribution in [1.29, 1.82) is 0 Å². The zero-order chi connectivity index (χ0) is 4.41. The lowest BCUT2D eigenvalue weighted by Crippen LogP contribution is -2.21. The van der Waals surface area contributed by atoms with E-state index in [2.05, 4.69) is 5.32 Å². The molecule has 0 atom stereocenters. The molecule has 3 nitrogen and oxygen atoms in total. The number of hydrogen-bond acceptors (Lipinski definition) is 3. The number of ether oxygens (including phenoxy) is 1. The summed E-state index contributed by atoms with van der Waals surface area (Å²) in [6, 6.07) is 0. The van der Waals surface area contributed by atoms with Crippen LogP contribution < -0.4 is 11.1 Å². The first-order chi connectivity index (χ1) is 2.89. The standard InChI is InChI=1S/C3H7N2O/c4-3-5-1-2-6-3/h5H,1-2,4H2. The van der Waals surface area contributed by atoms with Crippen LogP contribution in [0.2, 0.25) is 0 Å². The molecule has 0 amide bonds. The van der Waals surface area contributed by atoms with Gasteiger partial charge in [0.25, 0.3) is 0 Å². The monoisotopic (exact) mass is 87.1 g/mol. The number of hydrogen-bond donors (Lipinski definition) is 2. The molecule has 0 bridgehead atoms. The molecule has 0 saturated carbocycles. The van der Waals surface area contributed by atoms with E-state index in [1.807, 2.05) is 0 Å². The van der Waals surface area contributed by atoms with Gasteiger partial charge in [0.05, 0.1) is 6.61 Å². The summed E-state index contributed by atoms with van der Waals surface area (Å²) in [6.07, 6.45) is 0.454. The Labute approximate surface area is 36.5 Å². The Hall–Kier alpha value is -0.120. The van der Waals surface area contributed by atoms with E-state index in [-0.39, 0.29) is 0 Å². The highest BCUT2D eigenvalue weighted by Crippen LogP contribution is 1.91. The lowest BCUT2D eigenvalue weighted by atomic mass is 10.7. The average Bonchev–Trinajstić information content (AvgIpc) is 1.86. The van der Waals surface area contributed by atoms with Crippen LogP contribution >= 0.6 is 0 Å². The number of nitrogens with one attached hydrogen (secondary N) is 1. The van der Waals surface area contributed by atoms with Crippen LogP contribution in [-0.4, -0.2) is 13.2 Å². The maximum atomic E-state index is 5.12.